The molecule has 0 fully saturated rings. The number of amides is 1. The van der Waals surface area contributed by atoms with Crippen LogP contribution in [0.1, 0.15) is 39.3 Å². The van der Waals surface area contributed by atoms with E-state index in [0.29, 0.717) is 25.6 Å². The number of halogens is 1. The molecule has 1 unspecified atom stereocenters. The molecule has 0 aliphatic carbocycles. The van der Waals surface area contributed by atoms with Crippen LogP contribution in [0.2, 0.25) is 0 Å². The van der Waals surface area contributed by atoms with Gasteiger partial charge in [0.1, 0.15) is 5.60 Å². The summed E-state index contributed by atoms with van der Waals surface area (Å²) < 4.78 is 5.35. The molecule has 0 aliphatic rings. The largest absolute Gasteiger partial charge is 0.444 e. The number of carbonyl (C=O) groups is 1. The Labute approximate surface area is 173 Å². The lowest BCUT2D eigenvalue weighted by atomic mass is 10.1. The molecule has 7 heteroatoms. The van der Waals surface area contributed by atoms with Crippen LogP contribution in [0.5, 0.6) is 0 Å². The topological polar surface area (TPSA) is 74.8 Å². The van der Waals surface area contributed by atoms with Gasteiger partial charge >= 0.3 is 6.09 Å². The number of rotatable bonds is 6. The van der Waals surface area contributed by atoms with Crippen LogP contribution in [0.15, 0.2) is 35.3 Å². The zero-order valence-electron chi connectivity index (χ0n) is 15.8. The summed E-state index contributed by atoms with van der Waals surface area (Å²) in [6.45, 7) is 8.90. The second kappa shape index (κ2) is 12.4. The summed E-state index contributed by atoms with van der Waals surface area (Å²) in [7, 11) is 0. The van der Waals surface area contributed by atoms with Crippen LogP contribution < -0.4 is 16.0 Å². The lowest BCUT2D eigenvalue weighted by molar-refractivity contribution is 0.0505. The van der Waals surface area contributed by atoms with E-state index in [0.717, 1.165) is 5.56 Å². The molecule has 3 N–H and O–H groups in total. The summed E-state index contributed by atoms with van der Waals surface area (Å²) >= 11 is 0. The van der Waals surface area contributed by atoms with Crippen molar-refractivity contribution in [1.82, 2.24) is 16.0 Å². The van der Waals surface area contributed by atoms with Gasteiger partial charge in [0, 0.05) is 6.54 Å². The first-order valence-electron chi connectivity index (χ1n) is 8.35. The Morgan fingerprint density at radius 1 is 1.27 bits per heavy atom. The van der Waals surface area contributed by atoms with Crippen LogP contribution in [0, 0.1) is 12.3 Å². The zero-order valence-corrected chi connectivity index (χ0v) is 18.2. The normalized spacial score (nSPS) is 12.2. The standard InChI is InChI=1S/C19H28N4O2.HI/c1-6-13-21-17(20-7-2)22-14-16(15-11-9-8-10-12-15)23-18(24)25-19(3,4)5;/h1,8-12,16H,7,13-14H2,2-5H3,(H,23,24)(H2,20,21,22);1H. The molecular weight excluding hydrogens is 443 g/mol. The molecule has 0 bridgehead atoms. The summed E-state index contributed by atoms with van der Waals surface area (Å²) in [5, 5.41) is 9.02. The van der Waals surface area contributed by atoms with Crippen molar-refractivity contribution in [3.8, 4) is 12.3 Å². The number of carbonyl (C=O) groups excluding carboxylic acids is 1. The predicted molar refractivity (Wildman–Crippen MR) is 117 cm³/mol. The number of alkyl carbamates (subject to hydrolysis) is 1. The van der Waals surface area contributed by atoms with E-state index in [-0.39, 0.29) is 30.0 Å². The number of nitrogens with one attached hydrogen (secondary N) is 3. The number of ether oxygens (including phenoxy) is 1. The minimum absolute atomic E-state index is 0. The Balaban J connectivity index is 0.00000625. The summed E-state index contributed by atoms with van der Waals surface area (Å²) in [5.74, 6) is 3.12. The summed E-state index contributed by atoms with van der Waals surface area (Å²) in [5.41, 5.74) is 0.391. The summed E-state index contributed by atoms with van der Waals surface area (Å²) in [6.07, 6.45) is 4.80. The van der Waals surface area contributed by atoms with Gasteiger partial charge in [-0.05, 0) is 33.3 Å². The first-order valence-corrected chi connectivity index (χ1v) is 8.35. The Hall–Kier alpha value is -1.95. The van der Waals surface area contributed by atoms with Gasteiger partial charge in [0.05, 0.1) is 19.1 Å². The van der Waals surface area contributed by atoms with Gasteiger partial charge in [-0.2, -0.15) is 0 Å². The molecular formula is C19H29IN4O2. The number of guanidine groups is 1. The number of terminal acetylenes is 1. The van der Waals surface area contributed by atoms with Crippen molar-refractivity contribution < 1.29 is 9.53 Å². The molecule has 0 spiro atoms. The highest BCUT2D eigenvalue weighted by Gasteiger charge is 2.20. The van der Waals surface area contributed by atoms with Crippen molar-refractivity contribution in [2.45, 2.75) is 39.3 Å². The molecule has 1 aromatic carbocycles. The highest BCUT2D eigenvalue weighted by Crippen LogP contribution is 2.15. The van der Waals surface area contributed by atoms with Crippen molar-refractivity contribution in [3.63, 3.8) is 0 Å². The average Bonchev–Trinajstić information content (AvgIpc) is 2.55. The van der Waals surface area contributed by atoms with Crippen molar-refractivity contribution in [3.05, 3.63) is 35.9 Å². The molecule has 0 saturated carbocycles. The molecule has 1 atom stereocenters. The average molecular weight is 472 g/mol. The third-order valence-electron chi connectivity index (χ3n) is 3.03. The van der Waals surface area contributed by atoms with E-state index in [1.807, 2.05) is 58.0 Å². The SMILES string of the molecule is C#CCNC(=NCC(NC(=O)OC(C)(C)C)c1ccccc1)NCC.I. The number of hydrogen-bond acceptors (Lipinski definition) is 3. The smallest absolute Gasteiger partial charge is 0.408 e. The zero-order chi connectivity index (χ0) is 18.7. The maximum absolute atomic E-state index is 12.1. The molecule has 26 heavy (non-hydrogen) atoms. The Morgan fingerprint density at radius 2 is 1.92 bits per heavy atom. The van der Waals surface area contributed by atoms with Crippen LogP contribution in [0.3, 0.4) is 0 Å². The van der Waals surface area contributed by atoms with E-state index in [2.05, 4.69) is 26.9 Å². The monoisotopic (exact) mass is 472 g/mol. The van der Waals surface area contributed by atoms with Crippen LogP contribution in [-0.2, 0) is 4.74 Å². The lowest BCUT2D eigenvalue weighted by Gasteiger charge is -2.23. The van der Waals surface area contributed by atoms with Crippen LogP contribution >= 0.6 is 24.0 Å². The van der Waals surface area contributed by atoms with Crippen molar-refractivity contribution >= 4 is 36.0 Å². The van der Waals surface area contributed by atoms with E-state index in [1.165, 1.54) is 0 Å². The molecule has 144 valence electrons. The van der Waals surface area contributed by atoms with Crippen LogP contribution in [-0.4, -0.2) is 37.3 Å². The fourth-order valence-corrected chi connectivity index (χ4v) is 2.03. The van der Waals surface area contributed by atoms with E-state index >= 15 is 0 Å². The number of hydrogen-bond donors (Lipinski definition) is 3. The quantitative estimate of drug-likeness (QED) is 0.258. The molecule has 0 heterocycles. The molecule has 1 rings (SSSR count). The first kappa shape index (κ1) is 24.1. The third-order valence-corrected chi connectivity index (χ3v) is 3.03. The molecule has 0 radical (unpaired) electrons. The van der Waals surface area contributed by atoms with Gasteiger partial charge in [0.25, 0.3) is 0 Å². The van der Waals surface area contributed by atoms with Gasteiger partial charge in [-0.25, -0.2) is 4.79 Å². The second-order valence-electron chi connectivity index (χ2n) is 6.39. The molecule has 6 nitrogen and oxygen atoms in total. The highest BCUT2D eigenvalue weighted by molar-refractivity contribution is 14.0. The second-order valence-corrected chi connectivity index (χ2v) is 6.39. The van der Waals surface area contributed by atoms with Crippen molar-refractivity contribution in [2.75, 3.05) is 19.6 Å². The Morgan fingerprint density at radius 3 is 2.46 bits per heavy atom. The van der Waals surface area contributed by atoms with Gasteiger partial charge in [-0.15, -0.1) is 30.4 Å². The minimum atomic E-state index is -0.558. The maximum atomic E-state index is 12.1. The Kier molecular flexibility index (Phi) is 11.5. The molecule has 0 saturated heterocycles. The third kappa shape index (κ3) is 10.1. The molecule has 1 amide bonds. The van der Waals surface area contributed by atoms with Crippen molar-refractivity contribution in [2.24, 2.45) is 4.99 Å². The van der Waals surface area contributed by atoms with Gasteiger partial charge in [0.2, 0.25) is 0 Å². The van der Waals surface area contributed by atoms with Crippen LogP contribution in [0.25, 0.3) is 0 Å². The summed E-state index contributed by atoms with van der Waals surface area (Å²) in [4.78, 5) is 16.7. The van der Waals surface area contributed by atoms with Gasteiger partial charge in [-0.3, -0.25) is 4.99 Å². The maximum Gasteiger partial charge on any atom is 0.408 e. The fourth-order valence-electron chi connectivity index (χ4n) is 2.03. The summed E-state index contributed by atoms with van der Waals surface area (Å²) in [6, 6.07) is 9.35. The van der Waals surface area contributed by atoms with E-state index in [1.54, 1.807) is 0 Å². The van der Waals surface area contributed by atoms with E-state index in [9.17, 15) is 4.79 Å². The van der Waals surface area contributed by atoms with E-state index < -0.39 is 11.7 Å². The molecule has 0 aliphatic heterocycles. The van der Waals surface area contributed by atoms with Crippen molar-refractivity contribution in [1.29, 1.82) is 0 Å². The molecule has 1 aromatic rings. The number of benzene rings is 1. The van der Waals surface area contributed by atoms with E-state index in [4.69, 9.17) is 11.2 Å². The highest BCUT2D eigenvalue weighted by atomic mass is 127. The van der Waals surface area contributed by atoms with Crippen LogP contribution in [0.4, 0.5) is 4.79 Å². The fraction of sp³-hybridized carbons (Fsp3) is 0.474. The first-order chi connectivity index (χ1) is 11.9. The van der Waals surface area contributed by atoms with Gasteiger partial charge in [0.15, 0.2) is 5.96 Å². The minimum Gasteiger partial charge on any atom is -0.444 e. The Bertz CT molecular complexity index is 606. The van der Waals surface area contributed by atoms with Gasteiger partial charge in [-0.1, -0.05) is 36.3 Å². The number of nitrogens with zero attached hydrogens (tertiary/aromatic N) is 1. The predicted octanol–water partition coefficient (Wildman–Crippen LogP) is 3.06. The van der Waals surface area contributed by atoms with Gasteiger partial charge < -0.3 is 20.7 Å². The molecule has 0 aromatic heterocycles. The number of aliphatic imine (C=N–C) groups is 1. The lowest BCUT2D eigenvalue weighted by Crippen LogP contribution is -2.39.